The molecular weight excluding hydrogens is 236 g/mol. The molecule has 0 spiro atoms. The van der Waals surface area contributed by atoms with Gasteiger partial charge < -0.3 is 4.74 Å². The number of ether oxygens (including phenoxy) is 1. The molecule has 2 rings (SSSR count). The van der Waals surface area contributed by atoms with Crippen LogP contribution in [0.2, 0.25) is 0 Å². The summed E-state index contributed by atoms with van der Waals surface area (Å²) in [7, 11) is 1.92. The minimum Gasteiger partial charge on any atom is -0.487 e. The van der Waals surface area contributed by atoms with Crippen molar-refractivity contribution in [3.05, 3.63) is 47.3 Å². The third kappa shape index (κ3) is 3.01. The molecule has 0 aliphatic carbocycles. The summed E-state index contributed by atoms with van der Waals surface area (Å²) in [6, 6.07) is 9.83. The van der Waals surface area contributed by atoms with Crippen molar-refractivity contribution in [2.75, 3.05) is 0 Å². The summed E-state index contributed by atoms with van der Waals surface area (Å²) in [5.41, 5.74) is 3.12. The smallest absolute Gasteiger partial charge is 0.130 e. The molecule has 0 unspecified atom stereocenters. The summed E-state index contributed by atoms with van der Waals surface area (Å²) in [6.45, 7) is 2.49. The lowest BCUT2D eigenvalue weighted by Crippen LogP contribution is -2.03. The molecule has 0 amide bonds. The molecule has 1 aromatic heterocycles. The number of aryl methyl sites for hydroxylation is 2. The van der Waals surface area contributed by atoms with E-state index < -0.39 is 0 Å². The number of alkyl halides is 1. The molecule has 1 aromatic carbocycles. The summed E-state index contributed by atoms with van der Waals surface area (Å²) < 4.78 is 7.54. The van der Waals surface area contributed by atoms with E-state index in [1.165, 1.54) is 0 Å². The van der Waals surface area contributed by atoms with Gasteiger partial charge in [0.15, 0.2) is 0 Å². The van der Waals surface area contributed by atoms with E-state index in [1.54, 1.807) is 0 Å². The molecule has 2 aromatic rings. The van der Waals surface area contributed by atoms with Gasteiger partial charge in [0.25, 0.3) is 0 Å². The maximum absolute atomic E-state index is 5.77. The second-order valence-electron chi connectivity index (χ2n) is 3.97. The highest BCUT2D eigenvalue weighted by molar-refractivity contribution is 6.17. The van der Waals surface area contributed by atoms with E-state index >= 15 is 0 Å². The van der Waals surface area contributed by atoms with Crippen molar-refractivity contribution in [3.63, 3.8) is 0 Å². The Kier molecular flexibility index (Phi) is 3.69. The normalized spacial score (nSPS) is 10.5. The van der Waals surface area contributed by atoms with E-state index in [-0.39, 0.29) is 0 Å². The van der Waals surface area contributed by atoms with Crippen LogP contribution in [-0.4, -0.2) is 9.78 Å². The van der Waals surface area contributed by atoms with Gasteiger partial charge in [0.05, 0.1) is 11.4 Å². The lowest BCUT2D eigenvalue weighted by molar-refractivity contribution is 0.294. The zero-order chi connectivity index (χ0) is 12.3. The van der Waals surface area contributed by atoms with Gasteiger partial charge in [-0.1, -0.05) is 12.1 Å². The summed E-state index contributed by atoms with van der Waals surface area (Å²) in [5, 5.41) is 4.27. The standard InChI is InChI=1S/C13H15ClN2O/c1-10-6-12(16(2)15-10)9-17-13-5-3-4-11(7-13)8-14/h3-7H,8-9H2,1-2H3. The summed E-state index contributed by atoms with van der Waals surface area (Å²) in [6.07, 6.45) is 0. The molecule has 0 fully saturated rings. The number of hydrogen-bond donors (Lipinski definition) is 0. The fraction of sp³-hybridized carbons (Fsp3) is 0.308. The van der Waals surface area contributed by atoms with Crippen LogP contribution < -0.4 is 4.74 Å². The predicted molar refractivity (Wildman–Crippen MR) is 68.3 cm³/mol. The van der Waals surface area contributed by atoms with Crippen molar-refractivity contribution in [1.82, 2.24) is 9.78 Å². The van der Waals surface area contributed by atoms with E-state index in [9.17, 15) is 0 Å². The van der Waals surface area contributed by atoms with Gasteiger partial charge in [0, 0.05) is 12.9 Å². The van der Waals surface area contributed by atoms with Gasteiger partial charge in [0.2, 0.25) is 0 Å². The Morgan fingerprint density at radius 2 is 2.18 bits per heavy atom. The van der Waals surface area contributed by atoms with E-state index in [4.69, 9.17) is 16.3 Å². The van der Waals surface area contributed by atoms with Gasteiger partial charge in [0.1, 0.15) is 12.4 Å². The highest BCUT2D eigenvalue weighted by Gasteiger charge is 2.03. The first-order valence-corrected chi connectivity index (χ1v) is 5.99. The minimum atomic E-state index is 0.502. The largest absolute Gasteiger partial charge is 0.487 e. The average molecular weight is 251 g/mol. The molecule has 0 radical (unpaired) electrons. The van der Waals surface area contributed by atoms with Crippen LogP contribution in [0.5, 0.6) is 5.75 Å². The summed E-state index contributed by atoms with van der Waals surface area (Å²) in [5.74, 6) is 1.34. The Morgan fingerprint density at radius 3 is 2.82 bits per heavy atom. The fourth-order valence-corrected chi connectivity index (χ4v) is 1.84. The highest BCUT2D eigenvalue weighted by Crippen LogP contribution is 2.16. The predicted octanol–water partition coefficient (Wildman–Crippen LogP) is 3.05. The van der Waals surface area contributed by atoms with Gasteiger partial charge in [-0.25, -0.2) is 0 Å². The van der Waals surface area contributed by atoms with Gasteiger partial charge in [-0.3, -0.25) is 4.68 Å². The minimum absolute atomic E-state index is 0.502. The van der Waals surface area contributed by atoms with Crippen molar-refractivity contribution < 1.29 is 4.74 Å². The van der Waals surface area contributed by atoms with Crippen LogP contribution >= 0.6 is 11.6 Å². The van der Waals surface area contributed by atoms with E-state index in [0.29, 0.717) is 12.5 Å². The molecule has 0 aliphatic heterocycles. The molecule has 0 saturated carbocycles. The summed E-state index contributed by atoms with van der Waals surface area (Å²) >= 11 is 5.77. The Bertz CT molecular complexity index is 508. The molecule has 1 heterocycles. The number of hydrogen-bond acceptors (Lipinski definition) is 2. The Labute approximate surface area is 106 Å². The second-order valence-corrected chi connectivity index (χ2v) is 4.24. The number of aromatic nitrogens is 2. The van der Waals surface area contributed by atoms with E-state index in [0.717, 1.165) is 22.7 Å². The third-order valence-electron chi connectivity index (χ3n) is 2.54. The topological polar surface area (TPSA) is 27.1 Å². The monoisotopic (exact) mass is 250 g/mol. The lowest BCUT2D eigenvalue weighted by Gasteiger charge is -2.07. The molecule has 0 saturated heterocycles. The lowest BCUT2D eigenvalue weighted by atomic mass is 10.2. The van der Waals surface area contributed by atoms with Crippen molar-refractivity contribution in [3.8, 4) is 5.75 Å². The SMILES string of the molecule is Cc1cc(COc2cccc(CCl)c2)n(C)n1. The highest BCUT2D eigenvalue weighted by atomic mass is 35.5. The molecule has 0 bridgehead atoms. The zero-order valence-corrected chi connectivity index (χ0v) is 10.7. The van der Waals surface area contributed by atoms with Crippen molar-refractivity contribution in [1.29, 1.82) is 0 Å². The first kappa shape index (κ1) is 12.0. The number of benzene rings is 1. The van der Waals surface area contributed by atoms with Crippen LogP contribution in [0.3, 0.4) is 0 Å². The Hall–Kier alpha value is -1.48. The fourth-order valence-electron chi connectivity index (χ4n) is 1.67. The first-order valence-electron chi connectivity index (χ1n) is 5.46. The molecule has 90 valence electrons. The van der Waals surface area contributed by atoms with Crippen molar-refractivity contribution in [2.24, 2.45) is 7.05 Å². The molecule has 0 atom stereocenters. The number of nitrogens with zero attached hydrogens (tertiary/aromatic N) is 2. The van der Waals surface area contributed by atoms with Crippen LogP contribution in [0.15, 0.2) is 30.3 Å². The van der Waals surface area contributed by atoms with Crippen molar-refractivity contribution in [2.45, 2.75) is 19.4 Å². The quantitative estimate of drug-likeness (QED) is 0.780. The maximum Gasteiger partial charge on any atom is 0.130 e. The molecule has 4 heteroatoms. The Morgan fingerprint density at radius 1 is 1.35 bits per heavy atom. The van der Waals surface area contributed by atoms with Crippen LogP contribution in [0.25, 0.3) is 0 Å². The average Bonchev–Trinajstić information content (AvgIpc) is 2.65. The molecule has 17 heavy (non-hydrogen) atoms. The van der Waals surface area contributed by atoms with E-state index in [2.05, 4.69) is 5.10 Å². The van der Waals surface area contributed by atoms with Crippen molar-refractivity contribution >= 4 is 11.6 Å². The van der Waals surface area contributed by atoms with Crippen LogP contribution in [0, 0.1) is 6.92 Å². The van der Waals surface area contributed by atoms with Crippen LogP contribution in [-0.2, 0) is 19.5 Å². The molecule has 3 nitrogen and oxygen atoms in total. The zero-order valence-electron chi connectivity index (χ0n) is 9.98. The summed E-state index contributed by atoms with van der Waals surface area (Å²) in [4.78, 5) is 0. The molecular formula is C13H15ClN2O. The van der Waals surface area contributed by atoms with Gasteiger partial charge in [-0.05, 0) is 30.7 Å². The number of halogens is 1. The van der Waals surface area contributed by atoms with Gasteiger partial charge >= 0.3 is 0 Å². The van der Waals surface area contributed by atoms with Crippen LogP contribution in [0.1, 0.15) is 17.0 Å². The van der Waals surface area contributed by atoms with Gasteiger partial charge in [-0.15, -0.1) is 11.6 Å². The number of rotatable bonds is 4. The first-order chi connectivity index (χ1) is 8.19. The molecule has 0 N–H and O–H groups in total. The third-order valence-corrected chi connectivity index (χ3v) is 2.85. The molecule has 0 aliphatic rings. The van der Waals surface area contributed by atoms with Crippen LogP contribution in [0.4, 0.5) is 0 Å². The van der Waals surface area contributed by atoms with E-state index in [1.807, 2.05) is 49.0 Å². The Balaban J connectivity index is 2.04. The van der Waals surface area contributed by atoms with Gasteiger partial charge in [-0.2, -0.15) is 5.10 Å². The maximum atomic E-state index is 5.77. The second kappa shape index (κ2) is 5.23.